The molecule has 4 N–H and O–H groups in total. The van der Waals surface area contributed by atoms with Crippen LogP contribution in [0.3, 0.4) is 0 Å². The van der Waals surface area contributed by atoms with E-state index in [4.69, 9.17) is 0 Å². The summed E-state index contributed by atoms with van der Waals surface area (Å²) in [6.45, 7) is 2.72. The number of alkyl halides is 1. The van der Waals surface area contributed by atoms with E-state index < -0.39 is 6.17 Å². The third kappa shape index (κ3) is 1.91. The van der Waals surface area contributed by atoms with E-state index in [1.807, 2.05) is 0 Å². The van der Waals surface area contributed by atoms with Gasteiger partial charge in [0.25, 0.3) is 0 Å². The fraction of sp³-hybridized carbons (Fsp3) is 1.00. The highest BCUT2D eigenvalue weighted by atomic mass is 19.1. The fourth-order valence-corrected chi connectivity index (χ4v) is 1.75. The van der Waals surface area contributed by atoms with Crippen molar-refractivity contribution >= 4 is 0 Å². The fourth-order valence-electron chi connectivity index (χ4n) is 1.75. The highest BCUT2D eigenvalue weighted by Gasteiger charge is 2.34. The first-order chi connectivity index (χ1) is 5.36. The average molecular weight is 160 g/mol. The highest BCUT2D eigenvalue weighted by molar-refractivity contribution is 4.73. The van der Waals surface area contributed by atoms with Crippen LogP contribution in [0.2, 0.25) is 0 Å². The first-order valence-corrected chi connectivity index (χ1v) is 4.65. The van der Waals surface area contributed by atoms with Crippen molar-refractivity contribution in [3.63, 3.8) is 0 Å². The number of quaternary nitrogens is 2. The maximum absolute atomic E-state index is 13.0. The topological polar surface area (TPSA) is 33.2 Å². The van der Waals surface area contributed by atoms with E-state index in [-0.39, 0.29) is 0 Å². The van der Waals surface area contributed by atoms with E-state index in [1.165, 1.54) is 12.8 Å². The molecule has 2 atom stereocenters. The van der Waals surface area contributed by atoms with Crippen LogP contribution in [0.4, 0.5) is 4.39 Å². The van der Waals surface area contributed by atoms with Crippen molar-refractivity contribution in [3.05, 3.63) is 0 Å². The van der Waals surface area contributed by atoms with Crippen molar-refractivity contribution in [3.8, 4) is 0 Å². The standard InChI is InChI=1S/C8H15FN2/c9-8-5-10-3-6(8)4-11-7-1-2-7/h6-8,10-11H,1-5H2/p+2/t6-,8-/m1/s1. The lowest BCUT2D eigenvalue weighted by Crippen LogP contribution is -2.88. The maximum Gasteiger partial charge on any atom is 0.162 e. The van der Waals surface area contributed by atoms with Gasteiger partial charge in [-0.1, -0.05) is 0 Å². The number of hydrogen-bond acceptors (Lipinski definition) is 0. The van der Waals surface area contributed by atoms with E-state index in [1.54, 1.807) is 0 Å². The summed E-state index contributed by atoms with van der Waals surface area (Å²) in [6, 6.07) is 0.850. The highest BCUT2D eigenvalue weighted by Crippen LogP contribution is 2.14. The molecule has 1 aliphatic carbocycles. The summed E-state index contributed by atoms with van der Waals surface area (Å²) < 4.78 is 13.0. The van der Waals surface area contributed by atoms with Crippen molar-refractivity contribution in [2.24, 2.45) is 5.92 Å². The monoisotopic (exact) mass is 160 g/mol. The van der Waals surface area contributed by atoms with Crippen molar-refractivity contribution in [2.75, 3.05) is 19.6 Å². The summed E-state index contributed by atoms with van der Waals surface area (Å²) in [5.41, 5.74) is 0. The summed E-state index contributed by atoms with van der Waals surface area (Å²) in [4.78, 5) is 0. The molecule has 0 bridgehead atoms. The molecule has 0 radical (unpaired) electrons. The molecular weight excluding hydrogens is 143 g/mol. The van der Waals surface area contributed by atoms with E-state index in [9.17, 15) is 4.39 Å². The smallest absolute Gasteiger partial charge is 0.162 e. The Morgan fingerprint density at radius 2 is 2.18 bits per heavy atom. The molecule has 0 aromatic rings. The molecule has 11 heavy (non-hydrogen) atoms. The molecule has 1 saturated heterocycles. The maximum atomic E-state index is 13.0. The van der Waals surface area contributed by atoms with Crippen LogP contribution >= 0.6 is 0 Å². The predicted octanol–water partition coefficient (Wildman–Crippen LogP) is -1.76. The predicted molar refractivity (Wildman–Crippen MR) is 39.9 cm³/mol. The molecule has 3 heteroatoms. The van der Waals surface area contributed by atoms with Crippen LogP contribution in [0.5, 0.6) is 0 Å². The molecule has 2 nitrogen and oxygen atoms in total. The molecule has 1 aliphatic heterocycles. The quantitative estimate of drug-likeness (QED) is 0.490. The second kappa shape index (κ2) is 3.07. The van der Waals surface area contributed by atoms with Gasteiger partial charge in [-0.2, -0.15) is 0 Å². The first-order valence-electron chi connectivity index (χ1n) is 4.65. The Bertz CT molecular complexity index is 136. The Morgan fingerprint density at radius 1 is 1.36 bits per heavy atom. The molecule has 2 fully saturated rings. The van der Waals surface area contributed by atoms with Gasteiger partial charge in [0.1, 0.15) is 6.54 Å². The molecule has 1 heterocycles. The largest absolute Gasteiger partial charge is 0.343 e. The molecule has 0 amide bonds. The molecule has 0 spiro atoms. The average Bonchev–Trinajstić information content (AvgIpc) is 2.73. The van der Waals surface area contributed by atoms with Crippen LogP contribution in [0.1, 0.15) is 12.8 Å². The van der Waals surface area contributed by atoms with E-state index in [0.717, 1.165) is 19.1 Å². The summed E-state index contributed by atoms with van der Waals surface area (Å²) in [6.07, 6.45) is 2.17. The van der Waals surface area contributed by atoms with Crippen molar-refractivity contribution in [1.29, 1.82) is 0 Å². The molecule has 2 rings (SSSR count). The van der Waals surface area contributed by atoms with Gasteiger partial charge in [0.2, 0.25) is 0 Å². The van der Waals surface area contributed by atoms with Gasteiger partial charge in [-0.3, -0.25) is 0 Å². The SMILES string of the molecule is F[C@@H]1C[NH2+]C[C@@H]1C[NH2+]C1CC1. The number of nitrogens with two attached hydrogens (primary N) is 2. The van der Waals surface area contributed by atoms with E-state index in [0.29, 0.717) is 12.5 Å². The Morgan fingerprint density at radius 3 is 2.73 bits per heavy atom. The normalized spacial score (nSPS) is 37.9. The minimum absolute atomic E-state index is 0.329. The Balaban J connectivity index is 1.67. The summed E-state index contributed by atoms with van der Waals surface area (Å²) >= 11 is 0. The van der Waals surface area contributed by atoms with Crippen LogP contribution < -0.4 is 10.6 Å². The van der Waals surface area contributed by atoms with Gasteiger partial charge < -0.3 is 10.6 Å². The second-order valence-corrected chi connectivity index (χ2v) is 3.84. The molecule has 0 aromatic carbocycles. The molecule has 64 valence electrons. The van der Waals surface area contributed by atoms with Gasteiger partial charge in [0.05, 0.1) is 25.0 Å². The third-order valence-electron chi connectivity index (χ3n) is 2.77. The third-order valence-corrected chi connectivity index (χ3v) is 2.77. The lowest BCUT2D eigenvalue weighted by molar-refractivity contribution is -0.682. The minimum Gasteiger partial charge on any atom is -0.343 e. The van der Waals surface area contributed by atoms with Crippen LogP contribution in [0, 0.1) is 5.92 Å². The Labute approximate surface area is 66.5 Å². The Hall–Kier alpha value is -0.150. The van der Waals surface area contributed by atoms with Crippen LogP contribution in [-0.2, 0) is 0 Å². The molecule has 2 aliphatic rings. The zero-order valence-electron chi connectivity index (χ0n) is 6.80. The van der Waals surface area contributed by atoms with Gasteiger partial charge in [0, 0.05) is 12.8 Å². The van der Waals surface area contributed by atoms with E-state index in [2.05, 4.69) is 10.6 Å². The van der Waals surface area contributed by atoms with Gasteiger partial charge in [0.15, 0.2) is 6.17 Å². The number of rotatable bonds is 3. The zero-order valence-corrected chi connectivity index (χ0v) is 6.80. The number of halogens is 1. The summed E-state index contributed by atoms with van der Waals surface area (Å²) in [7, 11) is 0. The van der Waals surface area contributed by atoms with Crippen molar-refractivity contribution in [2.45, 2.75) is 25.1 Å². The van der Waals surface area contributed by atoms with Gasteiger partial charge in [-0.25, -0.2) is 4.39 Å². The summed E-state index contributed by atoms with van der Waals surface area (Å²) in [5, 5.41) is 4.42. The first kappa shape index (κ1) is 7.50. The van der Waals surface area contributed by atoms with Gasteiger partial charge in [-0.05, 0) is 0 Å². The molecular formula is C8H17FN2+2. The molecule has 0 aromatic heterocycles. The molecule has 0 unspecified atom stereocenters. The molecule has 1 saturated carbocycles. The van der Waals surface area contributed by atoms with E-state index >= 15 is 0 Å². The Kier molecular flexibility index (Phi) is 2.09. The van der Waals surface area contributed by atoms with Gasteiger partial charge in [-0.15, -0.1) is 0 Å². The summed E-state index contributed by atoms with van der Waals surface area (Å²) in [5.74, 6) is 0.329. The van der Waals surface area contributed by atoms with Crippen LogP contribution in [0.15, 0.2) is 0 Å². The second-order valence-electron chi connectivity index (χ2n) is 3.84. The van der Waals surface area contributed by atoms with Crippen molar-refractivity contribution < 1.29 is 15.0 Å². The van der Waals surface area contributed by atoms with Crippen LogP contribution in [0.25, 0.3) is 0 Å². The minimum atomic E-state index is -0.537. The number of hydrogen-bond donors (Lipinski definition) is 2. The lowest BCUT2D eigenvalue weighted by Gasteiger charge is -2.06. The van der Waals surface area contributed by atoms with Crippen LogP contribution in [-0.4, -0.2) is 31.8 Å². The lowest BCUT2D eigenvalue weighted by atomic mass is 10.1. The zero-order chi connectivity index (χ0) is 7.68. The van der Waals surface area contributed by atoms with Gasteiger partial charge >= 0.3 is 0 Å². The van der Waals surface area contributed by atoms with Crippen molar-refractivity contribution in [1.82, 2.24) is 0 Å².